The Kier molecular flexibility index (Phi) is 4.22. The molecule has 0 aliphatic rings. The molecule has 0 bridgehead atoms. The molecule has 0 saturated carbocycles. The first-order valence-electron chi connectivity index (χ1n) is 6.12. The Labute approximate surface area is 105 Å². The predicted octanol–water partition coefficient (Wildman–Crippen LogP) is 3.69. The molecule has 0 aliphatic heterocycles. The van der Waals surface area contributed by atoms with E-state index in [9.17, 15) is 0 Å². The van der Waals surface area contributed by atoms with E-state index in [0.717, 1.165) is 5.76 Å². The van der Waals surface area contributed by atoms with Crippen molar-refractivity contribution in [2.75, 3.05) is 0 Å². The van der Waals surface area contributed by atoms with E-state index < -0.39 is 8.32 Å². The van der Waals surface area contributed by atoms with Gasteiger partial charge in [-0.1, -0.05) is 20.8 Å². The molecule has 1 aromatic heterocycles. The zero-order valence-corrected chi connectivity index (χ0v) is 12.8. The zero-order valence-electron chi connectivity index (χ0n) is 11.8. The largest absolute Gasteiger partial charge is 0.467 e. The van der Waals surface area contributed by atoms with E-state index in [1.165, 1.54) is 0 Å². The summed E-state index contributed by atoms with van der Waals surface area (Å²) in [6.07, 6.45) is 1.52. The zero-order chi connectivity index (χ0) is 13.3. The molecule has 17 heavy (non-hydrogen) atoms. The normalized spacial score (nSPS) is 16.9. The number of hydrogen-bond acceptors (Lipinski definition) is 3. The average molecular weight is 255 g/mol. The molecule has 3 nitrogen and oxygen atoms in total. The number of nitrogens with two attached hydrogens (primary N) is 1. The minimum atomic E-state index is -1.83. The minimum absolute atomic E-state index is 0.0738. The summed E-state index contributed by atoms with van der Waals surface area (Å²) >= 11 is 0. The summed E-state index contributed by atoms with van der Waals surface area (Å²) in [5, 5.41) is 0.173. The summed E-state index contributed by atoms with van der Waals surface area (Å²) in [5.41, 5.74) is 6.02. The lowest BCUT2D eigenvalue weighted by Gasteiger charge is -2.39. The number of hydrogen-bond donors (Lipinski definition) is 1. The predicted molar refractivity (Wildman–Crippen MR) is 73.4 cm³/mol. The molecule has 0 aromatic carbocycles. The van der Waals surface area contributed by atoms with Gasteiger partial charge in [0.2, 0.25) is 0 Å². The number of furan rings is 1. The van der Waals surface area contributed by atoms with Crippen LogP contribution in [0.4, 0.5) is 0 Å². The molecule has 1 heterocycles. The monoisotopic (exact) mass is 255 g/mol. The van der Waals surface area contributed by atoms with E-state index in [2.05, 4.69) is 33.9 Å². The lowest BCUT2D eigenvalue weighted by Crippen LogP contribution is -2.44. The average Bonchev–Trinajstić information content (AvgIpc) is 2.64. The van der Waals surface area contributed by atoms with Crippen molar-refractivity contribution in [3.8, 4) is 0 Å². The topological polar surface area (TPSA) is 48.4 Å². The second-order valence-corrected chi connectivity index (χ2v) is 10.9. The van der Waals surface area contributed by atoms with Crippen LogP contribution in [0.5, 0.6) is 0 Å². The van der Waals surface area contributed by atoms with E-state index >= 15 is 0 Å². The van der Waals surface area contributed by atoms with Crippen LogP contribution in [-0.2, 0) is 4.43 Å². The third-order valence-corrected chi connectivity index (χ3v) is 7.98. The van der Waals surface area contributed by atoms with Crippen molar-refractivity contribution in [3.63, 3.8) is 0 Å². The van der Waals surface area contributed by atoms with Crippen LogP contribution in [-0.4, -0.2) is 14.4 Å². The Morgan fingerprint density at radius 1 is 1.35 bits per heavy atom. The lowest BCUT2D eigenvalue weighted by molar-refractivity contribution is 0.135. The van der Waals surface area contributed by atoms with Gasteiger partial charge >= 0.3 is 0 Å². The summed E-state index contributed by atoms with van der Waals surface area (Å²) < 4.78 is 11.8. The summed E-state index contributed by atoms with van der Waals surface area (Å²) in [7, 11) is -1.83. The first-order chi connectivity index (χ1) is 7.65. The van der Waals surface area contributed by atoms with Crippen molar-refractivity contribution in [1.29, 1.82) is 0 Å². The van der Waals surface area contributed by atoms with E-state index in [0.29, 0.717) is 0 Å². The van der Waals surface area contributed by atoms with E-state index in [1.54, 1.807) is 6.26 Å². The maximum absolute atomic E-state index is 6.33. The van der Waals surface area contributed by atoms with Gasteiger partial charge in [-0.3, -0.25) is 0 Å². The van der Waals surface area contributed by atoms with Crippen LogP contribution in [0.3, 0.4) is 0 Å². The van der Waals surface area contributed by atoms with Gasteiger partial charge in [-0.25, -0.2) is 0 Å². The molecule has 1 aromatic rings. The van der Waals surface area contributed by atoms with Crippen molar-refractivity contribution in [2.45, 2.75) is 58.0 Å². The second kappa shape index (κ2) is 4.96. The molecule has 0 saturated heterocycles. The molecule has 2 atom stereocenters. The van der Waals surface area contributed by atoms with Crippen molar-refractivity contribution < 1.29 is 8.84 Å². The van der Waals surface area contributed by atoms with Crippen LogP contribution in [0.15, 0.2) is 22.8 Å². The molecule has 0 amide bonds. The molecule has 0 aliphatic carbocycles. The molecule has 98 valence electrons. The first kappa shape index (κ1) is 14.5. The molecular formula is C13H25NO2Si. The Hall–Kier alpha value is -0.583. The third-order valence-electron chi connectivity index (χ3n) is 3.53. The molecule has 2 N–H and O–H groups in total. The SMILES string of the molecule is C[C@H](N)[C@H](O[Si](C)(C)C(C)(C)C)c1ccco1. The third kappa shape index (κ3) is 3.44. The fourth-order valence-corrected chi connectivity index (χ4v) is 2.69. The minimum Gasteiger partial charge on any atom is -0.467 e. The van der Waals surface area contributed by atoms with Crippen LogP contribution < -0.4 is 5.73 Å². The Morgan fingerprint density at radius 2 is 1.94 bits per heavy atom. The van der Waals surface area contributed by atoms with Crippen molar-refractivity contribution in [1.82, 2.24) is 0 Å². The van der Waals surface area contributed by atoms with Gasteiger partial charge in [-0.05, 0) is 37.2 Å². The van der Waals surface area contributed by atoms with Gasteiger partial charge in [-0.15, -0.1) is 0 Å². The molecule has 4 heteroatoms. The van der Waals surface area contributed by atoms with Gasteiger partial charge in [0.15, 0.2) is 8.32 Å². The van der Waals surface area contributed by atoms with E-state index in [4.69, 9.17) is 14.6 Å². The van der Waals surface area contributed by atoms with Gasteiger partial charge in [0, 0.05) is 6.04 Å². The van der Waals surface area contributed by atoms with Gasteiger partial charge in [0.25, 0.3) is 0 Å². The summed E-state index contributed by atoms with van der Waals surface area (Å²) in [6, 6.07) is 3.73. The van der Waals surface area contributed by atoms with Crippen LogP contribution in [0, 0.1) is 0 Å². The van der Waals surface area contributed by atoms with Crippen molar-refractivity contribution in [2.24, 2.45) is 5.73 Å². The van der Waals surface area contributed by atoms with Crippen LogP contribution in [0.1, 0.15) is 39.6 Å². The summed E-state index contributed by atoms with van der Waals surface area (Å²) in [5.74, 6) is 0.824. The summed E-state index contributed by atoms with van der Waals surface area (Å²) in [6.45, 7) is 13.1. The van der Waals surface area contributed by atoms with Crippen LogP contribution in [0.25, 0.3) is 0 Å². The van der Waals surface area contributed by atoms with Crippen molar-refractivity contribution >= 4 is 8.32 Å². The molecule has 0 unspecified atom stereocenters. The van der Waals surface area contributed by atoms with Crippen molar-refractivity contribution in [3.05, 3.63) is 24.2 Å². The molecule has 0 spiro atoms. The van der Waals surface area contributed by atoms with Crippen LogP contribution >= 0.6 is 0 Å². The molecule has 1 rings (SSSR count). The highest BCUT2D eigenvalue weighted by Gasteiger charge is 2.40. The first-order valence-corrected chi connectivity index (χ1v) is 9.03. The smallest absolute Gasteiger partial charge is 0.193 e. The second-order valence-electron chi connectivity index (χ2n) is 6.17. The maximum atomic E-state index is 6.33. The van der Waals surface area contributed by atoms with E-state index in [1.807, 2.05) is 19.1 Å². The molecular weight excluding hydrogens is 230 g/mol. The van der Waals surface area contributed by atoms with Gasteiger partial charge in [-0.2, -0.15) is 0 Å². The molecule has 0 radical (unpaired) electrons. The van der Waals surface area contributed by atoms with Gasteiger partial charge in [0.05, 0.1) is 6.26 Å². The Bertz CT molecular complexity index is 339. The maximum Gasteiger partial charge on any atom is 0.193 e. The quantitative estimate of drug-likeness (QED) is 0.835. The molecule has 0 fully saturated rings. The highest BCUT2D eigenvalue weighted by molar-refractivity contribution is 6.74. The fraction of sp³-hybridized carbons (Fsp3) is 0.692. The van der Waals surface area contributed by atoms with Crippen LogP contribution in [0.2, 0.25) is 18.1 Å². The van der Waals surface area contributed by atoms with E-state index in [-0.39, 0.29) is 17.2 Å². The van der Waals surface area contributed by atoms with Gasteiger partial charge in [0.1, 0.15) is 11.9 Å². The highest BCUT2D eigenvalue weighted by Crippen LogP contribution is 2.40. The number of rotatable bonds is 4. The van der Waals surface area contributed by atoms with Gasteiger partial charge < -0.3 is 14.6 Å². The highest BCUT2D eigenvalue weighted by atomic mass is 28.4. The Morgan fingerprint density at radius 3 is 2.29 bits per heavy atom. The fourth-order valence-electron chi connectivity index (χ4n) is 1.37. The summed E-state index contributed by atoms with van der Waals surface area (Å²) in [4.78, 5) is 0. The standard InChI is InChI=1S/C13H25NO2Si/c1-10(14)12(11-8-7-9-15-11)16-17(5,6)13(2,3)4/h7-10,12H,14H2,1-6H3/t10-,12-/m0/s1. The lowest BCUT2D eigenvalue weighted by atomic mass is 10.1. The Balaban J connectivity index is 2.89.